The van der Waals surface area contributed by atoms with E-state index in [0.29, 0.717) is 5.75 Å². The average molecular weight is 230 g/mol. The fourth-order valence-corrected chi connectivity index (χ4v) is 1.86. The number of aromatic hydroxyl groups is 1. The molecule has 0 unspecified atom stereocenters. The lowest BCUT2D eigenvalue weighted by Gasteiger charge is -2.20. The molecule has 0 spiro atoms. The molecule has 0 aliphatic rings. The molecule has 1 aromatic carbocycles. The van der Waals surface area contributed by atoms with Crippen molar-refractivity contribution in [3.05, 3.63) is 41.7 Å². The number of aryl methyl sites for hydroxylation is 1. The van der Waals surface area contributed by atoms with Gasteiger partial charge in [-0.15, -0.1) is 0 Å². The maximum absolute atomic E-state index is 10.1. The van der Waals surface area contributed by atoms with Crippen molar-refractivity contribution in [2.24, 2.45) is 0 Å². The van der Waals surface area contributed by atoms with Crippen molar-refractivity contribution >= 4 is 0 Å². The lowest BCUT2D eigenvalue weighted by atomic mass is 9.86. The molecule has 3 heteroatoms. The van der Waals surface area contributed by atoms with Crippen LogP contribution in [0.1, 0.15) is 32.0 Å². The Labute approximate surface area is 102 Å². The lowest BCUT2D eigenvalue weighted by Crippen LogP contribution is -2.11. The van der Waals surface area contributed by atoms with Gasteiger partial charge in [-0.25, -0.2) is 4.68 Å². The molecule has 3 nitrogen and oxygen atoms in total. The van der Waals surface area contributed by atoms with Crippen molar-refractivity contribution in [1.82, 2.24) is 9.78 Å². The Morgan fingerprint density at radius 1 is 1.18 bits per heavy atom. The molecule has 2 rings (SSSR count). The number of aromatic nitrogens is 2. The van der Waals surface area contributed by atoms with Gasteiger partial charge in [0.1, 0.15) is 5.75 Å². The SMILES string of the molecule is Cc1ccn(-c2ccc(C(C)(C)C)c(O)c2)n1. The van der Waals surface area contributed by atoms with Crippen molar-refractivity contribution in [3.8, 4) is 11.4 Å². The van der Waals surface area contributed by atoms with E-state index in [1.54, 1.807) is 10.7 Å². The highest BCUT2D eigenvalue weighted by Gasteiger charge is 2.18. The van der Waals surface area contributed by atoms with E-state index >= 15 is 0 Å². The highest BCUT2D eigenvalue weighted by molar-refractivity contribution is 5.46. The van der Waals surface area contributed by atoms with E-state index in [-0.39, 0.29) is 5.41 Å². The minimum Gasteiger partial charge on any atom is -0.508 e. The zero-order valence-corrected chi connectivity index (χ0v) is 10.7. The van der Waals surface area contributed by atoms with E-state index in [1.807, 2.05) is 31.3 Å². The second-order valence-electron chi connectivity index (χ2n) is 5.35. The summed E-state index contributed by atoms with van der Waals surface area (Å²) in [5, 5.41) is 14.4. The minimum atomic E-state index is -0.0529. The standard InChI is InChI=1S/C14H18N2O/c1-10-7-8-16(15-10)11-5-6-12(13(17)9-11)14(2,3)4/h5-9,17H,1-4H3. The first-order chi connectivity index (χ1) is 7.88. The Kier molecular flexibility index (Phi) is 2.69. The van der Waals surface area contributed by atoms with Gasteiger partial charge in [-0.2, -0.15) is 5.10 Å². The summed E-state index contributed by atoms with van der Waals surface area (Å²) < 4.78 is 1.77. The van der Waals surface area contributed by atoms with Crippen LogP contribution in [0, 0.1) is 6.92 Å². The van der Waals surface area contributed by atoms with Crippen LogP contribution in [0.25, 0.3) is 5.69 Å². The first kappa shape index (κ1) is 11.7. The largest absolute Gasteiger partial charge is 0.508 e. The van der Waals surface area contributed by atoms with Gasteiger partial charge in [-0.3, -0.25) is 0 Å². The molecule has 0 saturated carbocycles. The normalized spacial score (nSPS) is 11.8. The summed E-state index contributed by atoms with van der Waals surface area (Å²) in [7, 11) is 0. The number of benzene rings is 1. The molecule has 17 heavy (non-hydrogen) atoms. The van der Waals surface area contributed by atoms with Crippen molar-refractivity contribution in [1.29, 1.82) is 0 Å². The van der Waals surface area contributed by atoms with Crippen LogP contribution in [0.3, 0.4) is 0 Å². The summed E-state index contributed by atoms with van der Waals surface area (Å²) >= 11 is 0. The maximum Gasteiger partial charge on any atom is 0.121 e. The lowest BCUT2D eigenvalue weighted by molar-refractivity contribution is 0.446. The third kappa shape index (κ3) is 2.33. The zero-order valence-electron chi connectivity index (χ0n) is 10.7. The van der Waals surface area contributed by atoms with Crippen LogP contribution in [0.2, 0.25) is 0 Å². The van der Waals surface area contributed by atoms with Crippen LogP contribution in [-0.4, -0.2) is 14.9 Å². The zero-order chi connectivity index (χ0) is 12.6. The third-order valence-corrected chi connectivity index (χ3v) is 2.78. The predicted octanol–water partition coefficient (Wildman–Crippen LogP) is 3.18. The molecule has 0 amide bonds. The van der Waals surface area contributed by atoms with Gasteiger partial charge in [0.05, 0.1) is 11.4 Å². The fraction of sp³-hybridized carbons (Fsp3) is 0.357. The molecule has 90 valence electrons. The van der Waals surface area contributed by atoms with Crippen LogP contribution in [0.4, 0.5) is 0 Å². The summed E-state index contributed by atoms with van der Waals surface area (Å²) in [4.78, 5) is 0. The van der Waals surface area contributed by atoms with Gasteiger partial charge < -0.3 is 5.11 Å². The molecule has 0 bridgehead atoms. The number of phenols is 1. The maximum atomic E-state index is 10.1. The Balaban J connectivity index is 2.44. The van der Waals surface area contributed by atoms with Gasteiger partial charge in [0.15, 0.2) is 0 Å². The van der Waals surface area contributed by atoms with Crippen LogP contribution < -0.4 is 0 Å². The molecule has 0 radical (unpaired) electrons. The van der Waals surface area contributed by atoms with Gasteiger partial charge >= 0.3 is 0 Å². The molecule has 1 heterocycles. The van der Waals surface area contributed by atoms with E-state index in [0.717, 1.165) is 16.9 Å². The highest BCUT2D eigenvalue weighted by atomic mass is 16.3. The van der Waals surface area contributed by atoms with Crippen LogP contribution in [0.5, 0.6) is 5.75 Å². The Bertz CT molecular complexity index is 535. The van der Waals surface area contributed by atoms with E-state index < -0.39 is 0 Å². The number of hydrogen-bond donors (Lipinski definition) is 1. The number of rotatable bonds is 1. The smallest absolute Gasteiger partial charge is 0.121 e. The Morgan fingerprint density at radius 3 is 2.35 bits per heavy atom. The summed E-state index contributed by atoms with van der Waals surface area (Å²) in [6.45, 7) is 8.19. The van der Waals surface area contributed by atoms with Crippen molar-refractivity contribution in [3.63, 3.8) is 0 Å². The van der Waals surface area contributed by atoms with Crippen molar-refractivity contribution in [2.75, 3.05) is 0 Å². The topological polar surface area (TPSA) is 38.0 Å². The van der Waals surface area contributed by atoms with Gasteiger partial charge in [0, 0.05) is 12.3 Å². The molecular formula is C14H18N2O. The van der Waals surface area contributed by atoms with Gasteiger partial charge in [0.2, 0.25) is 0 Å². The molecular weight excluding hydrogens is 212 g/mol. The second kappa shape index (κ2) is 3.91. The molecule has 0 aliphatic heterocycles. The Hall–Kier alpha value is -1.77. The number of nitrogens with zero attached hydrogens (tertiary/aromatic N) is 2. The average Bonchev–Trinajstić information content (AvgIpc) is 2.62. The van der Waals surface area contributed by atoms with Crippen LogP contribution in [0.15, 0.2) is 30.5 Å². The van der Waals surface area contributed by atoms with Crippen LogP contribution in [-0.2, 0) is 5.41 Å². The summed E-state index contributed by atoms with van der Waals surface area (Å²) in [5.41, 5.74) is 2.74. The van der Waals surface area contributed by atoms with E-state index in [1.165, 1.54) is 0 Å². The van der Waals surface area contributed by atoms with E-state index in [2.05, 4.69) is 25.9 Å². The number of phenolic OH excluding ortho intramolecular Hbond substituents is 1. The molecule has 0 fully saturated rings. The molecule has 1 N–H and O–H groups in total. The first-order valence-electron chi connectivity index (χ1n) is 5.74. The highest BCUT2D eigenvalue weighted by Crippen LogP contribution is 2.31. The van der Waals surface area contributed by atoms with Gasteiger partial charge in [-0.1, -0.05) is 26.8 Å². The molecule has 0 aliphatic carbocycles. The molecule has 1 aromatic heterocycles. The molecule has 0 atom stereocenters. The Morgan fingerprint density at radius 2 is 1.88 bits per heavy atom. The summed E-state index contributed by atoms with van der Waals surface area (Å²) in [5.74, 6) is 0.322. The monoisotopic (exact) mass is 230 g/mol. The van der Waals surface area contributed by atoms with Crippen molar-refractivity contribution in [2.45, 2.75) is 33.1 Å². The fourth-order valence-electron chi connectivity index (χ4n) is 1.86. The van der Waals surface area contributed by atoms with Crippen LogP contribution >= 0.6 is 0 Å². The van der Waals surface area contributed by atoms with Gasteiger partial charge in [0.25, 0.3) is 0 Å². The minimum absolute atomic E-state index is 0.0529. The van der Waals surface area contributed by atoms with E-state index in [9.17, 15) is 5.11 Å². The quantitative estimate of drug-likeness (QED) is 0.817. The second-order valence-corrected chi connectivity index (χ2v) is 5.35. The summed E-state index contributed by atoms with van der Waals surface area (Å²) in [6.07, 6.45) is 1.89. The van der Waals surface area contributed by atoms with Gasteiger partial charge in [-0.05, 0) is 30.0 Å². The van der Waals surface area contributed by atoms with Crippen molar-refractivity contribution < 1.29 is 5.11 Å². The third-order valence-electron chi connectivity index (χ3n) is 2.78. The molecule has 0 saturated heterocycles. The van der Waals surface area contributed by atoms with E-state index in [4.69, 9.17) is 0 Å². The first-order valence-corrected chi connectivity index (χ1v) is 5.74. The summed E-state index contributed by atoms with van der Waals surface area (Å²) in [6, 6.07) is 7.64. The number of hydrogen-bond acceptors (Lipinski definition) is 2. The predicted molar refractivity (Wildman–Crippen MR) is 68.7 cm³/mol. The molecule has 2 aromatic rings.